The fourth-order valence-electron chi connectivity index (χ4n) is 4.70. The van der Waals surface area contributed by atoms with Gasteiger partial charge in [0.05, 0.1) is 28.0 Å². The van der Waals surface area contributed by atoms with E-state index in [1.807, 2.05) is 0 Å². The number of nitrogens with one attached hydrogen (secondary N) is 2. The van der Waals surface area contributed by atoms with Crippen LogP contribution in [0.25, 0.3) is 11.0 Å². The summed E-state index contributed by atoms with van der Waals surface area (Å²) in [4.78, 5) is 10.8. The molecule has 0 radical (unpaired) electrons. The predicted octanol–water partition coefficient (Wildman–Crippen LogP) is 3.92. The van der Waals surface area contributed by atoms with E-state index in [0.29, 0.717) is 5.92 Å². The molecule has 8 heteroatoms. The number of hydrogen-bond acceptors (Lipinski definition) is 5. The number of fused-ring (bicyclic) bond motifs is 1. The molecule has 2 atom stereocenters. The van der Waals surface area contributed by atoms with Crippen molar-refractivity contribution in [2.24, 2.45) is 0 Å². The first-order valence-electron chi connectivity index (χ1n) is 11.4. The van der Waals surface area contributed by atoms with Crippen LogP contribution in [-0.2, 0) is 14.8 Å². The molecular weight excluding hydrogens is 412 g/mol. The van der Waals surface area contributed by atoms with E-state index in [-0.39, 0.29) is 18.2 Å². The molecule has 2 aromatic rings. The molecular formula is C23H36N4O3S. The normalized spacial score (nSPS) is 28.2. The van der Waals surface area contributed by atoms with Crippen LogP contribution >= 0.6 is 0 Å². The van der Waals surface area contributed by atoms with Crippen LogP contribution < -0.4 is 9.62 Å². The molecule has 7 nitrogen and oxygen atoms in total. The van der Waals surface area contributed by atoms with Crippen molar-refractivity contribution in [2.75, 3.05) is 18.0 Å². The van der Waals surface area contributed by atoms with Gasteiger partial charge < -0.3 is 14.6 Å². The largest absolute Gasteiger partial charge is 0.372 e. The maximum atomic E-state index is 12.5. The van der Waals surface area contributed by atoms with E-state index in [1.165, 1.54) is 5.69 Å². The number of nitrogens with zero attached hydrogens (tertiary/aromatic N) is 2. The predicted molar refractivity (Wildman–Crippen MR) is 125 cm³/mol. The van der Waals surface area contributed by atoms with Gasteiger partial charge in [0.25, 0.3) is 0 Å². The van der Waals surface area contributed by atoms with Crippen LogP contribution in [0.4, 0.5) is 5.82 Å². The second-order valence-corrected chi connectivity index (χ2v) is 12.7. The Morgan fingerprint density at radius 1 is 1.10 bits per heavy atom. The molecule has 0 amide bonds. The van der Waals surface area contributed by atoms with Gasteiger partial charge in [-0.25, -0.2) is 18.1 Å². The van der Waals surface area contributed by atoms with Crippen LogP contribution in [0.5, 0.6) is 0 Å². The number of pyridine rings is 1. The highest BCUT2D eigenvalue weighted by molar-refractivity contribution is 7.90. The molecule has 2 aliphatic rings. The van der Waals surface area contributed by atoms with Gasteiger partial charge in [-0.2, -0.15) is 0 Å². The average molecular weight is 449 g/mol. The molecule has 0 aromatic carbocycles. The van der Waals surface area contributed by atoms with Crippen molar-refractivity contribution < 1.29 is 13.2 Å². The lowest BCUT2D eigenvalue weighted by atomic mass is 9.84. The van der Waals surface area contributed by atoms with E-state index in [0.717, 1.165) is 55.6 Å². The lowest BCUT2D eigenvalue weighted by molar-refractivity contribution is -0.00544. The summed E-state index contributed by atoms with van der Waals surface area (Å²) in [5, 5.41) is 0. The summed E-state index contributed by atoms with van der Waals surface area (Å²) in [6.07, 6.45) is 4.06. The van der Waals surface area contributed by atoms with Crippen LogP contribution in [0.15, 0.2) is 18.2 Å². The molecule has 2 aromatic heterocycles. The molecule has 31 heavy (non-hydrogen) atoms. The molecule has 1 saturated heterocycles. The van der Waals surface area contributed by atoms with Gasteiger partial charge in [0.15, 0.2) is 0 Å². The van der Waals surface area contributed by atoms with Gasteiger partial charge in [0, 0.05) is 24.8 Å². The van der Waals surface area contributed by atoms with Gasteiger partial charge >= 0.3 is 0 Å². The molecule has 1 saturated carbocycles. The molecule has 3 heterocycles. The number of sulfonamides is 1. The monoisotopic (exact) mass is 448 g/mol. The number of H-pyrrole nitrogens is 1. The van der Waals surface area contributed by atoms with Crippen LogP contribution in [0.3, 0.4) is 0 Å². The van der Waals surface area contributed by atoms with E-state index in [2.05, 4.69) is 46.7 Å². The van der Waals surface area contributed by atoms with Gasteiger partial charge in [-0.1, -0.05) is 0 Å². The lowest BCUT2D eigenvalue weighted by Crippen LogP contribution is -2.45. The Labute approximate surface area is 186 Å². The maximum absolute atomic E-state index is 12.5. The van der Waals surface area contributed by atoms with Gasteiger partial charge in [-0.05, 0) is 84.4 Å². The second kappa shape index (κ2) is 8.37. The summed E-state index contributed by atoms with van der Waals surface area (Å²) in [6.45, 7) is 11.1. The highest BCUT2D eigenvalue weighted by Gasteiger charge is 2.33. The first-order chi connectivity index (χ1) is 14.5. The summed E-state index contributed by atoms with van der Waals surface area (Å²) < 4.78 is 32.9. The van der Waals surface area contributed by atoms with Crippen LogP contribution in [0.1, 0.15) is 71.9 Å². The minimum atomic E-state index is -3.30. The topological polar surface area (TPSA) is 87.3 Å². The molecule has 1 aliphatic heterocycles. The highest BCUT2D eigenvalue weighted by Crippen LogP contribution is 2.35. The maximum Gasteiger partial charge on any atom is 0.216 e. The van der Waals surface area contributed by atoms with Crippen LogP contribution in [0.2, 0.25) is 0 Å². The van der Waals surface area contributed by atoms with Crippen molar-refractivity contribution >= 4 is 26.9 Å². The SMILES string of the molecule is C[C@@H]1CN(c2ccc3[nH]c([C@H]4CC[C@H](NS(=O)(=O)C(C)(C)C)CC4)cc3n2)C[C@H](C)O1. The molecule has 0 bridgehead atoms. The first kappa shape index (κ1) is 22.6. The molecule has 172 valence electrons. The molecule has 2 N–H and O–H groups in total. The quantitative estimate of drug-likeness (QED) is 0.740. The zero-order valence-electron chi connectivity index (χ0n) is 19.3. The third kappa shape index (κ3) is 4.91. The second-order valence-electron chi connectivity index (χ2n) is 10.3. The van der Waals surface area contributed by atoms with Crippen molar-refractivity contribution in [3.05, 3.63) is 23.9 Å². The number of ether oxygens (including phenoxy) is 1. The van der Waals surface area contributed by atoms with Gasteiger partial charge in [-0.3, -0.25) is 0 Å². The third-order valence-electron chi connectivity index (χ3n) is 6.52. The lowest BCUT2D eigenvalue weighted by Gasteiger charge is -2.36. The van der Waals surface area contributed by atoms with Crippen LogP contribution in [-0.4, -0.2) is 54.5 Å². The van der Waals surface area contributed by atoms with Crippen LogP contribution in [0, 0.1) is 0 Å². The average Bonchev–Trinajstić information content (AvgIpc) is 3.10. The molecule has 0 unspecified atom stereocenters. The van der Waals surface area contributed by atoms with E-state index in [4.69, 9.17) is 9.72 Å². The van der Waals surface area contributed by atoms with Crippen molar-refractivity contribution in [1.82, 2.24) is 14.7 Å². The Hall–Kier alpha value is -1.64. The smallest absolute Gasteiger partial charge is 0.216 e. The van der Waals surface area contributed by atoms with E-state index < -0.39 is 14.8 Å². The summed E-state index contributed by atoms with van der Waals surface area (Å²) in [6, 6.07) is 6.41. The minimum absolute atomic E-state index is 0.0277. The number of aromatic nitrogens is 2. The number of hydrogen-bond donors (Lipinski definition) is 2. The van der Waals surface area contributed by atoms with E-state index >= 15 is 0 Å². The standard InChI is InChI=1S/C23H36N4O3S/c1-15-13-27(14-16(2)30-15)22-11-10-19-21(25-22)12-20(24-19)17-6-8-18(9-7-17)26-31(28,29)23(3,4)5/h10-12,15-18,24,26H,6-9,13-14H2,1-5H3/t15-,16+,17-,18-. The fraction of sp³-hybridized carbons (Fsp3) is 0.696. The van der Waals surface area contributed by atoms with E-state index in [9.17, 15) is 8.42 Å². The number of rotatable bonds is 4. The summed E-state index contributed by atoms with van der Waals surface area (Å²) in [5.41, 5.74) is 3.26. The fourth-order valence-corrected chi connectivity index (χ4v) is 5.73. The zero-order valence-corrected chi connectivity index (χ0v) is 20.1. The molecule has 1 aliphatic carbocycles. The first-order valence-corrected chi connectivity index (χ1v) is 12.9. The zero-order chi connectivity index (χ0) is 22.4. The van der Waals surface area contributed by atoms with Gasteiger partial charge in [-0.15, -0.1) is 0 Å². The number of aromatic amines is 1. The summed E-state index contributed by atoms with van der Waals surface area (Å²) in [5.74, 6) is 1.41. The van der Waals surface area contributed by atoms with Crippen molar-refractivity contribution in [1.29, 1.82) is 0 Å². The van der Waals surface area contributed by atoms with Gasteiger partial charge in [0.1, 0.15) is 5.82 Å². The van der Waals surface area contributed by atoms with Crippen molar-refractivity contribution in [3.63, 3.8) is 0 Å². The minimum Gasteiger partial charge on any atom is -0.372 e. The molecule has 4 rings (SSSR count). The Bertz CT molecular complexity index is 1010. The summed E-state index contributed by atoms with van der Waals surface area (Å²) >= 11 is 0. The van der Waals surface area contributed by atoms with Crippen molar-refractivity contribution in [3.8, 4) is 0 Å². The van der Waals surface area contributed by atoms with Gasteiger partial charge in [0.2, 0.25) is 10.0 Å². The Balaban J connectivity index is 1.43. The highest BCUT2D eigenvalue weighted by atomic mass is 32.2. The van der Waals surface area contributed by atoms with E-state index in [1.54, 1.807) is 20.8 Å². The summed E-state index contributed by atoms with van der Waals surface area (Å²) in [7, 11) is -3.30. The third-order valence-corrected chi connectivity index (χ3v) is 8.78. The Morgan fingerprint density at radius 3 is 2.35 bits per heavy atom. The Kier molecular flexibility index (Phi) is 6.09. The molecule has 2 fully saturated rings. The molecule has 0 spiro atoms. The number of morpholine rings is 1. The Morgan fingerprint density at radius 2 is 1.74 bits per heavy atom. The van der Waals surface area contributed by atoms with Crippen molar-refractivity contribution in [2.45, 2.75) is 89.2 Å². The number of anilines is 1.